The van der Waals surface area contributed by atoms with Crippen LogP contribution < -0.4 is 0 Å². The van der Waals surface area contributed by atoms with Gasteiger partial charge in [-0.1, -0.05) is 79.4 Å². The van der Waals surface area contributed by atoms with Crippen LogP contribution in [0.5, 0.6) is 0 Å². The molecule has 0 aliphatic rings. The summed E-state index contributed by atoms with van der Waals surface area (Å²) >= 11 is 1.88. The molecule has 4 aromatic rings. The van der Waals surface area contributed by atoms with E-state index in [0.29, 0.717) is 0 Å². The second-order valence-corrected chi connectivity index (χ2v) is 7.11. The van der Waals surface area contributed by atoms with Gasteiger partial charge in [-0.15, -0.1) is 11.3 Å². The molecule has 0 aliphatic carbocycles. The van der Waals surface area contributed by atoms with Crippen molar-refractivity contribution in [1.29, 1.82) is 0 Å². The first kappa shape index (κ1) is 14.9. The second kappa shape index (κ2) is 6.10. The Bertz CT molecular complexity index is 1070. The van der Waals surface area contributed by atoms with E-state index in [4.69, 9.17) is 0 Å². The lowest BCUT2D eigenvalue weighted by atomic mass is 9.96. The van der Waals surface area contributed by atoms with Crippen molar-refractivity contribution in [3.63, 3.8) is 0 Å². The zero-order valence-electron chi connectivity index (χ0n) is 13.6. The average Bonchev–Trinajstić information content (AvgIpc) is 2.96. The van der Waals surface area contributed by atoms with Gasteiger partial charge in [0.2, 0.25) is 0 Å². The van der Waals surface area contributed by atoms with Crippen LogP contribution >= 0.6 is 11.3 Å². The third-order valence-corrected chi connectivity index (χ3v) is 5.54. The van der Waals surface area contributed by atoms with Gasteiger partial charge in [0.25, 0.3) is 0 Å². The van der Waals surface area contributed by atoms with Gasteiger partial charge in [0, 0.05) is 20.5 Å². The van der Waals surface area contributed by atoms with E-state index in [9.17, 15) is 0 Å². The maximum Gasteiger partial charge on any atom is 0.0436 e. The molecular formula is C23H18S. The molecular weight excluding hydrogens is 308 g/mol. The van der Waals surface area contributed by atoms with Crippen molar-refractivity contribution < 1.29 is 0 Å². The quantitative estimate of drug-likeness (QED) is 0.348. The van der Waals surface area contributed by atoms with Gasteiger partial charge in [0.15, 0.2) is 0 Å². The number of aryl methyl sites for hydroxylation is 1. The van der Waals surface area contributed by atoms with E-state index in [1.807, 2.05) is 23.5 Å². The van der Waals surface area contributed by atoms with Gasteiger partial charge in [-0.05, 0) is 34.9 Å². The molecule has 0 saturated carbocycles. The molecule has 0 nitrogen and oxygen atoms in total. The van der Waals surface area contributed by atoms with Gasteiger partial charge >= 0.3 is 0 Å². The van der Waals surface area contributed by atoms with Gasteiger partial charge < -0.3 is 0 Å². The molecule has 24 heavy (non-hydrogen) atoms. The standard InChI is InChI=1S/C23H18S/c1-3-4-13-19-16(2)24-23-21(17-10-6-5-7-11-17)15-18-12-8-9-14-20(18)22(19)23/h3-15H,1H2,2H3/b13-4-. The topological polar surface area (TPSA) is 0 Å². The van der Waals surface area contributed by atoms with Gasteiger partial charge in [-0.2, -0.15) is 0 Å². The lowest BCUT2D eigenvalue weighted by Crippen LogP contribution is -1.82. The Morgan fingerprint density at radius 1 is 0.958 bits per heavy atom. The molecule has 116 valence electrons. The zero-order valence-corrected chi connectivity index (χ0v) is 14.4. The predicted octanol–water partition coefficient (Wildman–Crippen LogP) is 7.23. The van der Waals surface area contributed by atoms with Crippen LogP contribution in [0.4, 0.5) is 0 Å². The number of rotatable bonds is 3. The Morgan fingerprint density at radius 2 is 1.71 bits per heavy atom. The second-order valence-electron chi connectivity index (χ2n) is 5.88. The van der Waals surface area contributed by atoms with Crippen LogP contribution in [0.1, 0.15) is 10.4 Å². The first-order chi connectivity index (χ1) is 11.8. The summed E-state index contributed by atoms with van der Waals surface area (Å²) in [6, 6.07) is 21.7. The summed E-state index contributed by atoms with van der Waals surface area (Å²) in [6.45, 7) is 6.02. The molecule has 1 aromatic heterocycles. The van der Waals surface area contributed by atoms with Crippen LogP contribution in [0.2, 0.25) is 0 Å². The summed E-state index contributed by atoms with van der Waals surface area (Å²) in [7, 11) is 0. The summed E-state index contributed by atoms with van der Waals surface area (Å²) in [6.07, 6.45) is 6.05. The number of hydrogen-bond donors (Lipinski definition) is 0. The molecule has 0 unspecified atom stereocenters. The van der Waals surface area contributed by atoms with Crippen molar-refractivity contribution in [1.82, 2.24) is 0 Å². The lowest BCUT2D eigenvalue weighted by molar-refractivity contribution is 1.62. The highest BCUT2D eigenvalue weighted by Crippen LogP contribution is 2.43. The summed E-state index contributed by atoms with van der Waals surface area (Å²) in [5.41, 5.74) is 3.90. The fourth-order valence-electron chi connectivity index (χ4n) is 3.28. The molecule has 0 amide bonds. The van der Waals surface area contributed by atoms with Crippen molar-refractivity contribution in [2.75, 3.05) is 0 Å². The summed E-state index contributed by atoms with van der Waals surface area (Å²) < 4.78 is 1.36. The van der Waals surface area contributed by atoms with Crippen molar-refractivity contribution >= 4 is 38.3 Å². The summed E-state index contributed by atoms with van der Waals surface area (Å²) in [4.78, 5) is 1.34. The molecule has 1 heteroatoms. The van der Waals surface area contributed by atoms with Gasteiger partial charge in [-0.3, -0.25) is 0 Å². The van der Waals surface area contributed by atoms with E-state index in [-0.39, 0.29) is 0 Å². The molecule has 0 N–H and O–H groups in total. The van der Waals surface area contributed by atoms with Crippen molar-refractivity contribution in [2.45, 2.75) is 6.92 Å². The van der Waals surface area contributed by atoms with Crippen molar-refractivity contribution in [2.24, 2.45) is 0 Å². The maximum atomic E-state index is 3.81. The highest BCUT2D eigenvalue weighted by Gasteiger charge is 2.15. The first-order valence-electron chi connectivity index (χ1n) is 8.09. The molecule has 3 aromatic carbocycles. The van der Waals surface area contributed by atoms with Crippen LogP contribution in [0.3, 0.4) is 0 Å². The van der Waals surface area contributed by atoms with Crippen molar-refractivity contribution in [3.05, 3.63) is 89.8 Å². The minimum Gasteiger partial charge on any atom is -0.139 e. The number of benzene rings is 3. The minimum absolute atomic E-state index is 1.27. The molecule has 0 spiro atoms. The first-order valence-corrected chi connectivity index (χ1v) is 8.90. The predicted molar refractivity (Wildman–Crippen MR) is 109 cm³/mol. The Labute approximate surface area is 146 Å². The molecule has 0 radical (unpaired) electrons. The van der Waals surface area contributed by atoms with Gasteiger partial charge in [0.05, 0.1) is 0 Å². The van der Waals surface area contributed by atoms with E-state index in [1.165, 1.54) is 42.4 Å². The Hall–Kier alpha value is -2.64. The Morgan fingerprint density at radius 3 is 2.50 bits per heavy atom. The van der Waals surface area contributed by atoms with Crippen molar-refractivity contribution in [3.8, 4) is 11.1 Å². The zero-order chi connectivity index (χ0) is 16.5. The van der Waals surface area contributed by atoms with Crippen LogP contribution in [0, 0.1) is 6.92 Å². The summed E-state index contributed by atoms with van der Waals surface area (Å²) in [5.74, 6) is 0. The largest absolute Gasteiger partial charge is 0.139 e. The highest BCUT2D eigenvalue weighted by molar-refractivity contribution is 7.20. The highest BCUT2D eigenvalue weighted by atomic mass is 32.1. The van der Waals surface area contributed by atoms with E-state index >= 15 is 0 Å². The lowest BCUT2D eigenvalue weighted by Gasteiger charge is -2.08. The van der Waals surface area contributed by atoms with Crippen LogP contribution in [0.15, 0.2) is 79.4 Å². The van der Waals surface area contributed by atoms with Crippen LogP contribution in [-0.2, 0) is 0 Å². The van der Waals surface area contributed by atoms with E-state index < -0.39 is 0 Å². The van der Waals surface area contributed by atoms with E-state index in [1.54, 1.807) is 0 Å². The molecule has 0 bridgehead atoms. The molecule has 0 aliphatic heterocycles. The number of allylic oxidation sites excluding steroid dienone is 2. The summed E-state index contributed by atoms with van der Waals surface area (Å²) in [5, 5.41) is 3.96. The van der Waals surface area contributed by atoms with Gasteiger partial charge in [0.1, 0.15) is 0 Å². The Balaban J connectivity index is 2.18. The normalized spacial score (nSPS) is 11.5. The van der Waals surface area contributed by atoms with E-state index in [0.717, 1.165) is 0 Å². The fraction of sp³-hybridized carbons (Fsp3) is 0.0435. The molecule has 0 fully saturated rings. The van der Waals surface area contributed by atoms with E-state index in [2.05, 4.69) is 80.2 Å². The molecule has 0 atom stereocenters. The third-order valence-electron chi connectivity index (χ3n) is 4.39. The Kier molecular flexibility index (Phi) is 3.79. The average molecular weight is 326 g/mol. The van der Waals surface area contributed by atoms with Gasteiger partial charge in [-0.25, -0.2) is 0 Å². The third kappa shape index (κ3) is 2.38. The fourth-order valence-corrected chi connectivity index (χ4v) is 4.48. The molecule has 0 saturated heterocycles. The molecule has 4 rings (SSSR count). The van der Waals surface area contributed by atoms with Crippen LogP contribution in [-0.4, -0.2) is 0 Å². The monoisotopic (exact) mass is 326 g/mol. The number of thiophene rings is 1. The van der Waals surface area contributed by atoms with Crippen LogP contribution in [0.25, 0.3) is 38.1 Å². The number of fused-ring (bicyclic) bond motifs is 3. The maximum absolute atomic E-state index is 3.81. The minimum atomic E-state index is 1.27. The SMILES string of the molecule is C=C/C=C\c1c(C)sc2c(-c3ccccc3)cc3ccccc3c12. The smallest absolute Gasteiger partial charge is 0.0436 e. The number of hydrogen-bond acceptors (Lipinski definition) is 1. The molecule has 1 heterocycles.